The van der Waals surface area contributed by atoms with E-state index < -0.39 is 65.5 Å². The number of hydrogen-bond donors (Lipinski definition) is 3. The fourth-order valence-electron chi connectivity index (χ4n) is 9.73. The minimum absolute atomic E-state index is 0.0240. The lowest BCUT2D eigenvalue weighted by Gasteiger charge is -2.50. The van der Waals surface area contributed by atoms with Crippen molar-refractivity contribution in [1.82, 2.24) is 15.3 Å². The number of hydroxylamine groups is 2. The number of phenolic OH excluding ortho intramolecular Hbond substituents is 1. The first-order chi connectivity index (χ1) is 28.2. The number of rotatable bonds is 12. The van der Waals surface area contributed by atoms with Crippen molar-refractivity contribution >= 4 is 23.9 Å². The Morgan fingerprint density at radius 3 is 2.40 bits per heavy atom. The zero-order valence-corrected chi connectivity index (χ0v) is 32.2. The van der Waals surface area contributed by atoms with Gasteiger partial charge in [0.15, 0.2) is 11.8 Å². The second-order valence-corrected chi connectivity index (χ2v) is 16.0. The number of para-hydroxylation sites is 1. The molecule has 1 spiro atoms. The van der Waals surface area contributed by atoms with Gasteiger partial charge in [-0.25, -0.2) is 0 Å². The van der Waals surface area contributed by atoms with Crippen molar-refractivity contribution < 1.29 is 43.6 Å². The largest absolute Gasteiger partial charge is 0.508 e. The summed E-state index contributed by atoms with van der Waals surface area (Å²) in [5.74, 6) is -2.22. The number of fused-ring (bicyclic) bond motifs is 5. The van der Waals surface area contributed by atoms with E-state index in [0.717, 1.165) is 33.4 Å². The quantitative estimate of drug-likeness (QED) is 0.181. The minimum Gasteiger partial charge on any atom is -0.508 e. The molecule has 2 bridgehead atoms. The molecule has 0 unspecified atom stereocenters. The van der Waals surface area contributed by atoms with E-state index >= 15 is 4.79 Å². The van der Waals surface area contributed by atoms with Gasteiger partial charge < -0.3 is 34.6 Å². The Bertz CT molecular complexity index is 2210. The van der Waals surface area contributed by atoms with Crippen molar-refractivity contribution in [2.45, 2.75) is 80.9 Å². The average Bonchev–Trinajstić information content (AvgIpc) is 3.91. The molecule has 3 saturated heterocycles. The molecule has 4 fully saturated rings. The van der Waals surface area contributed by atoms with E-state index in [1.807, 2.05) is 91.0 Å². The number of carbonyl (C=O) groups is 3. The SMILES string of the molecule is CN(C(=O)[C@@]12C[C@H]3OC(=O)[C@@H]1N(Cc1cccc(C=CCc4ccccc4O)c1)O[C@@H]2[C@H]1OC2(Cc4ccccc4C2)O[C@H]13)[C@H](Cc1ccccc1)C(=O)NCCO. The van der Waals surface area contributed by atoms with Crippen LogP contribution in [0.3, 0.4) is 0 Å². The Morgan fingerprint density at radius 2 is 1.64 bits per heavy atom. The van der Waals surface area contributed by atoms with Gasteiger partial charge in [-0.1, -0.05) is 109 Å². The van der Waals surface area contributed by atoms with Crippen LogP contribution in [0.2, 0.25) is 0 Å². The molecule has 12 nitrogen and oxygen atoms in total. The van der Waals surface area contributed by atoms with E-state index in [1.165, 1.54) is 4.90 Å². The van der Waals surface area contributed by atoms with Crippen molar-refractivity contribution in [1.29, 1.82) is 0 Å². The monoisotopic (exact) mass is 785 g/mol. The van der Waals surface area contributed by atoms with Gasteiger partial charge in [0.25, 0.3) is 0 Å². The Kier molecular flexibility index (Phi) is 10.1. The van der Waals surface area contributed by atoms with E-state index in [2.05, 4.69) is 17.4 Å². The van der Waals surface area contributed by atoms with Crippen LogP contribution in [0, 0.1) is 5.41 Å². The maximum Gasteiger partial charge on any atom is 0.327 e. The number of nitrogens with zero attached hydrogens (tertiary/aromatic N) is 2. The molecule has 3 N–H and O–H groups in total. The number of aliphatic hydroxyl groups excluding tert-OH is 1. The summed E-state index contributed by atoms with van der Waals surface area (Å²) in [4.78, 5) is 52.0. The van der Waals surface area contributed by atoms with Gasteiger partial charge in [0.05, 0.1) is 13.2 Å². The van der Waals surface area contributed by atoms with Crippen LogP contribution in [-0.4, -0.2) is 100 Å². The standard InChI is InChI=1S/C46H47N3O9/c1-48(35(42(52)47-21-22-50)24-30-11-3-2-4-12-30)44(54)46-27-37-38-39(57-45(56-38)25-33-17-5-6-18-34(33)26-45)41(46)58-49(40(46)43(53)55-37)28-31-15-9-13-29(23-31)14-10-19-32-16-7-8-20-36(32)51/h2-18,20,23,35,37-41,50-51H,19,21-22,24-28H2,1H3,(H,47,52)/t35-,37-,38+,39+,40+,41-,46+/m1/s1. The van der Waals surface area contributed by atoms with Crippen LogP contribution >= 0.6 is 0 Å². The summed E-state index contributed by atoms with van der Waals surface area (Å²) >= 11 is 0. The number of allylic oxidation sites excluding steroid dienone is 1. The molecule has 9 rings (SSSR count). The zero-order chi connectivity index (χ0) is 40.0. The molecular formula is C46H47N3O9. The van der Waals surface area contributed by atoms with Crippen LogP contribution in [0.4, 0.5) is 0 Å². The number of nitrogens with one attached hydrogen (secondary N) is 1. The first-order valence-corrected chi connectivity index (χ1v) is 20.0. The normalized spacial score (nSPS) is 26.9. The van der Waals surface area contributed by atoms with Gasteiger partial charge in [0.2, 0.25) is 11.8 Å². The highest BCUT2D eigenvalue weighted by molar-refractivity contribution is 5.96. The molecule has 2 amide bonds. The smallest absolute Gasteiger partial charge is 0.327 e. The van der Waals surface area contributed by atoms with Crippen LogP contribution < -0.4 is 5.32 Å². The molecule has 2 aliphatic carbocycles. The van der Waals surface area contributed by atoms with E-state index in [0.29, 0.717) is 19.3 Å². The van der Waals surface area contributed by atoms with Gasteiger partial charge in [-0.3, -0.25) is 19.2 Å². The lowest BCUT2D eigenvalue weighted by molar-refractivity contribution is -0.218. The lowest BCUT2D eigenvalue weighted by atomic mass is 9.62. The first-order valence-electron chi connectivity index (χ1n) is 20.0. The maximum atomic E-state index is 15.5. The molecule has 4 aromatic carbocycles. The molecule has 3 aliphatic heterocycles. The highest BCUT2D eigenvalue weighted by Crippen LogP contribution is 2.59. The highest BCUT2D eigenvalue weighted by Gasteiger charge is 2.77. The molecule has 3 heterocycles. The number of ether oxygens (including phenoxy) is 3. The predicted molar refractivity (Wildman–Crippen MR) is 212 cm³/mol. The summed E-state index contributed by atoms with van der Waals surface area (Å²) in [7, 11) is 1.60. The third-order valence-electron chi connectivity index (χ3n) is 12.4. The van der Waals surface area contributed by atoms with Crippen molar-refractivity contribution in [2.75, 3.05) is 20.2 Å². The molecule has 300 valence electrons. The van der Waals surface area contributed by atoms with Crippen molar-refractivity contribution in [3.63, 3.8) is 0 Å². The second kappa shape index (κ2) is 15.4. The van der Waals surface area contributed by atoms with Gasteiger partial charge in [-0.2, -0.15) is 5.06 Å². The summed E-state index contributed by atoms with van der Waals surface area (Å²) in [5, 5.41) is 24.1. The molecule has 0 radical (unpaired) electrons. The molecule has 12 heteroatoms. The van der Waals surface area contributed by atoms with E-state index in [4.69, 9.17) is 19.0 Å². The van der Waals surface area contributed by atoms with Gasteiger partial charge in [-0.15, -0.1) is 0 Å². The molecule has 7 atom stereocenters. The Balaban J connectivity index is 1.06. The number of esters is 1. The third-order valence-corrected chi connectivity index (χ3v) is 12.4. The van der Waals surface area contributed by atoms with Gasteiger partial charge in [0.1, 0.15) is 41.6 Å². The molecular weight excluding hydrogens is 739 g/mol. The zero-order valence-electron chi connectivity index (χ0n) is 32.2. The minimum atomic E-state index is -1.49. The van der Waals surface area contributed by atoms with Gasteiger partial charge in [-0.05, 0) is 45.9 Å². The molecule has 4 aromatic rings. The third kappa shape index (κ3) is 6.78. The fourth-order valence-corrected chi connectivity index (χ4v) is 9.73. The Morgan fingerprint density at radius 1 is 0.931 bits per heavy atom. The molecule has 1 saturated carbocycles. The van der Waals surface area contributed by atoms with Crippen LogP contribution in [0.5, 0.6) is 5.75 Å². The number of benzene rings is 4. The number of likely N-dealkylation sites (N-methyl/N-ethyl adjacent to an activating group) is 1. The summed E-state index contributed by atoms with van der Waals surface area (Å²) in [6.07, 6.45) is 2.67. The first kappa shape index (κ1) is 38.2. The van der Waals surface area contributed by atoms with Crippen LogP contribution in [-0.2, 0) is 65.7 Å². The van der Waals surface area contributed by atoms with E-state index in [-0.39, 0.29) is 38.3 Å². The lowest BCUT2D eigenvalue weighted by Crippen LogP contribution is -2.70. The fraction of sp³-hybridized carbons (Fsp3) is 0.370. The number of amides is 2. The van der Waals surface area contributed by atoms with Crippen LogP contribution in [0.25, 0.3) is 6.08 Å². The van der Waals surface area contributed by atoms with Gasteiger partial charge in [0, 0.05) is 39.3 Å². The summed E-state index contributed by atoms with van der Waals surface area (Å²) < 4.78 is 19.9. The Hall–Kier alpha value is -5.37. The Labute approximate surface area is 336 Å². The number of carbonyl (C=O) groups excluding carboxylic acids is 3. The van der Waals surface area contributed by atoms with Crippen molar-refractivity contribution in [3.8, 4) is 5.75 Å². The summed E-state index contributed by atoms with van der Waals surface area (Å²) in [6, 6.07) is 30.5. The number of aliphatic hydroxyl groups is 1. The van der Waals surface area contributed by atoms with Crippen molar-refractivity contribution in [2.24, 2.45) is 5.41 Å². The molecule has 0 aromatic heterocycles. The van der Waals surface area contributed by atoms with Gasteiger partial charge >= 0.3 is 5.97 Å². The molecule has 58 heavy (non-hydrogen) atoms. The van der Waals surface area contributed by atoms with E-state index in [9.17, 15) is 19.8 Å². The molecule has 5 aliphatic rings. The summed E-state index contributed by atoms with van der Waals surface area (Å²) in [6.45, 7) is -0.0815. The van der Waals surface area contributed by atoms with E-state index in [1.54, 1.807) is 24.2 Å². The number of aromatic hydroxyl groups is 1. The number of phenols is 1. The second-order valence-electron chi connectivity index (χ2n) is 16.0. The van der Waals surface area contributed by atoms with Crippen LogP contribution in [0.15, 0.2) is 109 Å². The van der Waals surface area contributed by atoms with Crippen molar-refractivity contribution in [3.05, 3.63) is 143 Å². The number of hydrogen-bond acceptors (Lipinski definition) is 10. The van der Waals surface area contributed by atoms with Crippen LogP contribution in [0.1, 0.15) is 39.8 Å². The highest BCUT2D eigenvalue weighted by atomic mass is 16.8. The predicted octanol–water partition coefficient (Wildman–Crippen LogP) is 3.91. The average molecular weight is 786 g/mol. The summed E-state index contributed by atoms with van der Waals surface area (Å²) in [5.41, 5.74) is 4.15. The maximum absolute atomic E-state index is 15.5. The topological polar surface area (TPSA) is 147 Å².